The number of carbonyl (C=O) groups excluding carboxylic acids is 1. The van der Waals surface area contributed by atoms with E-state index in [4.69, 9.17) is 0 Å². The fourth-order valence-electron chi connectivity index (χ4n) is 3.20. The highest BCUT2D eigenvalue weighted by Crippen LogP contribution is 2.25. The van der Waals surface area contributed by atoms with Gasteiger partial charge in [0, 0.05) is 24.5 Å². The fourth-order valence-corrected chi connectivity index (χ4v) is 3.20. The third-order valence-corrected chi connectivity index (χ3v) is 4.66. The molecule has 1 unspecified atom stereocenters. The summed E-state index contributed by atoms with van der Waals surface area (Å²) in [6.45, 7) is 5.77. The smallest absolute Gasteiger partial charge is 0.269 e. The molecule has 138 valence electrons. The molecule has 0 fully saturated rings. The molecular formula is C18H20N8O. The Hall–Kier alpha value is -3.49. The Morgan fingerprint density at radius 1 is 1.26 bits per heavy atom. The van der Waals surface area contributed by atoms with E-state index in [0.717, 1.165) is 22.6 Å². The number of fused-ring (bicyclic) bond motifs is 1. The van der Waals surface area contributed by atoms with Crippen molar-refractivity contribution in [1.82, 2.24) is 39.9 Å². The van der Waals surface area contributed by atoms with E-state index in [1.807, 2.05) is 56.6 Å². The SMILES string of the molecule is Cc1nn(C)c(C)c1-c1cc(C(=O)NC(C)c2nnc3ccccn23)[nH]n1. The van der Waals surface area contributed by atoms with Crippen molar-refractivity contribution in [3.63, 3.8) is 0 Å². The quantitative estimate of drug-likeness (QED) is 0.576. The van der Waals surface area contributed by atoms with E-state index >= 15 is 0 Å². The minimum atomic E-state index is -0.316. The van der Waals surface area contributed by atoms with Gasteiger partial charge in [0.05, 0.1) is 17.4 Å². The Labute approximate surface area is 155 Å². The van der Waals surface area contributed by atoms with Crippen molar-refractivity contribution in [2.75, 3.05) is 0 Å². The molecule has 0 saturated carbocycles. The first-order chi connectivity index (χ1) is 13.0. The molecule has 4 aromatic heterocycles. The van der Waals surface area contributed by atoms with Crippen LogP contribution in [0.2, 0.25) is 0 Å². The van der Waals surface area contributed by atoms with Crippen LogP contribution in [-0.2, 0) is 7.05 Å². The van der Waals surface area contributed by atoms with E-state index < -0.39 is 0 Å². The second kappa shape index (κ2) is 6.35. The summed E-state index contributed by atoms with van der Waals surface area (Å²) in [7, 11) is 1.89. The molecule has 2 N–H and O–H groups in total. The van der Waals surface area contributed by atoms with E-state index in [2.05, 4.69) is 30.8 Å². The predicted molar refractivity (Wildman–Crippen MR) is 99.1 cm³/mol. The summed E-state index contributed by atoms with van der Waals surface area (Å²) in [5, 5.41) is 22.7. The number of H-pyrrole nitrogens is 1. The molecule has 27 heavy (non-hydrogen) atoms. The van der Waals surface area contributed by atoms with E-state index in [1.165, 1.54) is 0 Å². The van der Waals surface area contributed by atoms with Crippen LogP contribution in [0.1, 0.15) is 40.7 Å². The molecule has 0 aliphatic heterocycles. The summed E-state index contributed by atoms with van der Waals surface area (Å²) in [6.07, 6.45) is 1.87. The zero-order valence-electron chi connectivity index (χ0n) is 15.6. The number of aryl methyl sites for hydroxylation is 2. The maximum absolute atomic E-state index is 12.6. The van der Waals surface area contributed by atoms with E-state index in [9.17, 15) is 4.79 Å². The van der Waals surface area contributed by atoms with Gasteiger partial charge in [-0.3, -0.25) is 19.0 Å². The molecule has 1 atom stereocenters. The average molecular weight is 364 g/mol. The van der Waals surface area contributed by atoms with Crippen molar-refractivity contribution >= 4 is 11.6 Å². The van der Waals surface area contributed by atoms with Crippen LogP contribution in [-0.4, -0.2) is 40.5 Å². The summed E-state index contributed by atoms with van der Waals surface area (Å²) < 4.78 is 3.66. The highest BCUT2D eigenvalue weighted by Gasteiger charge is 2.20. The molecule has 0 spiro atoms. The van der Waals surface area contributed by atoms with Crippen LogP contribution in [0.25, 0.3) is 16.9 Å². The molecule has 1 amide bonds. The summed E-state index contributed by atoms with van der Waals surface area (Å²) >= 11 is 0. The van der Waals surface area contributed by atoms with Gasteiger partial charge in [-0.25, -0.2) is 0 Å². The Kier molecular flexibility index (Phi) is 3.98. The molecule has 0 aliphatic rings. The molecule has 0 aliphatic carbocycles. The Morgan fingerprint density at radius 3 is 2.81 bits per heavy atom. The number of pyridine rings is 1. The lowest BCUT2D eigenvalue weighted by Crippen LogP contribution is -2.28. The van der Waals surface area contributed by atoms with Crippen LogP contribution in [0.4, 0.5) is 0 Å². The van der Waals surface area contributed by atoms with Crippen LogP contribution < -0.4 is 5.32 Å². The lowest BCUT2D eigenvalue weighted by atomic mass is 10.1. The monoisotopic (exact) mass is 364 g/mol. The zero-order chi connectivity index (χ0) is 19.1. The first-order valence-electron chi connectivity index (χ1n) is 8.62. The first kappa shape index (κ1) is 17.0. The van der Waals surface area contributed by atoms with Crippen LogP contribution in [0, 0.1) is 13.8 Å². The average Bonchev–Trinajstić information content (AvgIpc) is 3.33. The number of aromatic amines is 1. The van der Waals surface area contributed by atoms with Gasteiger partial charge in [0.2, 0.25) is 0 Å². The number of carbonyl (C=O) groups is 1. The summed E-state index contributed by atoms with van der Waals surface area (Å²) in [4.78, 5) is 12.6. The molecule has 0 saturated heterocycles. The second-order valence-electron chi connectivity index (χ2n) is 6.52. The Balaban J connectivity index is 1.56. The van der Waals surface area contributed by atoms with Gasteiger partial charge in [-0.05, 0) is 39.0 Å². The van der Waals surface area contributed by atoms with Gasteiger partial charge in [0.25, 0.3) is 5.91 Å². The van der Waals surface area contributed by atoms with Gasteiger partial charge < -0.3 is 5.32 Å². The van der Waals surface area contributed by atoms with Gasteiger partial charge in [0.15, 0.2) is 11.5 Å². The van der Waals surface area contributed by atoms with Gasteiger partial charge >= 0.3 is 0 Å². The molecule has 4 rings (SSSR count). The van der Waals surface area contributed by atoms with Gasteiger partial charge in [-0.15, -0.1) is 10.2 Å². The third-order valence-electron chi connectivity index (χ3n) is 4.66. The summed E-state index contributed by atoms with van der Waals surface area (Å²) in [5.74, 6) is 0.408. The number of amides is 1. The van der Waals surface area contributed by atoms with Crippen molar-refractivity contribution in [3.8, 4) is 11.3 Å². The highest BCUT2D eigenvalue weighted by atomic mass is 16.2. The summed E-state index contributed by atoms with van der Waals surface area (Å²) in [5.41, 5.74) is 4.62. The maximum Gasteiger partial charge on any atom is 0.269 e. The van der Waals surface area contributed by atoms with E-state index in [1.54, 1.807) is 10.7 Å². The van der Waals surface area contributed by atoms with Crippen molar-refractivity contribution in [3.05, 3.63) is 53.4 Å². The topological polar surface area (TPSA) is 106 Å². The molecular weight excluding hydrogens is 344 g/mol. The molecule has 9 heteroatoms. The molecule has 4 aromatic rings. The van der Waals surface area contributed by atoms with Crippen LogP contribution in [0.5, 0.6) is 0 Å². The van der Waals surface area contributed by atoms with Crippen molar-refractivity contribution < 1.29 is 4.79 Å². The molecule has 9 nitrogen and oxygen atoms in total. The molecule has 0 bridgehead atoms. The summed E-state index contributed by atoms with van der Waals surface area (Å²) in [6, 6.07) is 7.08. The molecule has 4 heterocycles. The normalized spacial score (nSPS) is 12.4. The minimum absolute atomic E-state index is 0.256. The largest absolute Gasteiger partial charge is 0.341 e. The van der Waals surface area contributed by atoms with Crippen molar-refractivity contribution in [2.24, 2.45) is 7.05 Å². The molecule has 0 radical (unpaired) electrons. The number of rotatable bonds is 4. The predicted octanol–water partition coefficient (Wildman–Crippen LogP) is 1.96. The molecule has 0 aromatic carbocycles. The lowest BCUT2D eigenvalue weighted by Gasteiger charge is -2.11. The first-order valence-corrected chi connectivity index (χ1v) is 8.62. The minimum Gasteiger partial charge on any atom is -0.341 e. The van der Waals surface area contributed by atoms with Crippen LogP contribution >= 0.6 is 0 Å². The number of nitrogens with zero attached hydrogens (tertiary/aromatic N) is 6. The lowest BCUT2D eigenvalue weighted by molar-refractivity contribution is 0.0933. The number of hydrogen-bond acceptors (Lipinski definition) is 5. The van der Waals surface area contributed by atoms with E-state index in [0.29, 0.717) is 17.2 Å². The van der Waals surface area contributed by atoms with Crippen LogP contribution in [0.3, 0.4) is 0 Å². The number of hydrogen-bond donors (Lipinski definition) is 2. The maximum atomic E-state index is 12.6. The van der Waals surface area contributed by atoms with E-state index in [-0.39, 0.29) is 11.9 Å². The van der Waals surface area contributed by atoms with Crippen molar-refractivity contribution in [1.29, 1.82) is 0 Å². The number of aromatic nitrogens is 7. The fraction of sp³-hybridized carbons (Fsp3) is 0.278. The van der Waals surface area contributed by atoms with Gasteiger partial charge in [-0.1, -0.05) is 6.07 Å². The van der Waals surface area contributed by atoms with Gasteiger partial charge in [-0.2, -0.15) is 10.2 Å². The number of nitrogens with one attached hydrogen (secondary N) is 2. The Morgan fingerprint density at radius 2 is 2.07 bits per heavy atom. The highest BCUT2D eigenvalue weighted by molar-refractivity contribution is 5.93. The zero-order valence-corrected chi connectivity index (χ0v) is 15.6. The third kappa shape index (κ3) is 2.86. The Bertz CT molecular complexity index is 1140. The van der Waals surface area contributed by atoms with Crippen LogP contribution in [0.15, 0.2) is 30.5 Å². The van der Waals surface area contributed by atoms with Gasteiger partial charge in [0.1, 0.15) is 5.69 Å². The van der Waals surface area contributed by atoms with Crippen molar-refractivity contribution in [2.45, 2.75) is 26.8 Å². The second-order valence-corrected chi connectivity index (χ2v) is 6.52. The standard InChI is InChI=1S/C18H20N8O/c1-10-16(12(3)25(4)24-10)13-9-14(21-20-13)18(27)19-11(2)17-23-22-15-7-5-6-8-26(15)17/h5-9,11H,1-4H3,(H,19,27)(H,20,21).